The molecule has 0 radical (unpaired) electrons. The molecule has 41 heavy (non-hydrogen) atoms. The number of benzene rings is 2. The van der Waals surface area contributed by atoms with E-state index in [0.29, 0.717) is 13.1 Å². The summed E-state index contributed by atoms with van der Waals surface area (Å²) in [6, 6.07) is 17.4. The number of rotatable bonds is 16. The Hall–Kier alpha value is -2.79. The quantitative estimate of drug-likeness (QED) is 0.260. The van der Waals surface area contributed by atoms with Gasteiger partial charge >= 0.3 is 0 Å². The summed E-state index contributed by atoms with van der Waals surface area (Å²) in [5, 5.41) is 17.8. The molecule has 2 amide bonds. The lowest BCUT2D eigenvalue weighted by molar-refractivity contribution is -0.124. The Kier molecular flexibility index (Phi) is 12.3. The molecule has 3 rings (SSSR count). The van der Waals surface area contributed by atoms with Crippen LogP contribution in [0.15, 0.2) is 65.6 Å². The van der Waals surface area contributed by atoms with Gasteiger partial charge in [-0.3, -0.25) is 14.5 Å². The van der Waals surface area contributed by atoms with E-state index in [1.807, 2.05) is 51.1 Å². The summed E-state index contributed by atoms with van der Waals surface area (Å²) < 4.78 is 28.8. The van der Waals surface area contributed by atoms with Crippen LogP contribution in [0.1, 0.15) is 52.0 Å². The number of likely N-dealkylation sites (tertiary alicyclic amines) is 1. The molecule has 0 aromatic heterocycles. The van der Waals surface area contributed by atoms with Gasteiger partial charge in [-0.1, -0.05) is 69.3 Å². The van der Waals surface area contributed by atoms with Crippen molar-refractivity contribution in [3.05, 3.63) is 66.2 Å². The van der Waals surface area contributed by atoms with Gasteiger partial charge in [0.25, 0.3) is 0 Å². The van der Waals surface area contributed by atoms with Crippen molar-refractivity contribution < 1.29 is 23.1 Å². The third-order valence-electron chi connectivity index (χ3n) is 7.25. The fourth-order valence-corrected chi connectivity index (χ4v) is 6.97. The minimum Gasteiger partial charge on any atom is -0.374 e. The first kappa shape index (κ1) is 32.7. The molecule has 0 saturated carbocycles. The van der Waals surface area contributed by atoms with Gasteiger partial charge in [0, 0.05) is 38.9 Å². The van der Waals surface area contributed by atoms with Crippen LogP contribution in [0.25, 0.3) is 0 Å². The zero-order valence-corrected chi connectivity index (χ0v) is 25.4. The highest BCUT2D eigenvalue weighted by Gasteiger charge is 2.43. The Labute approximate surface area is 245 Å². The van der Waals surface area contributed by atoms with Gasteiger partial charge in [-0.25, -0.2) is 8.42 Å². The van der Waals surface area contributed by atoms with Crippen LogP contribution in [0, 0.1) is 11.8 Å². The molecule has 1 heterocycles. The van der Waals surface area contributed by atoms with E-state index < -0.39 is 15.7 Å². The molecule has 1 aliphatic rings. The summed E-state index contributed by atoms with van der Waals surface area (Å²) >= 11 is 0. The van der Waals surface area contributed by atoms with Gasteiger partial charge in [0.05, 0.1) is 11.4 Å². The third-order valence-corrected chi connectivity index (χ3v) is 9.19. The van der Waals surface area contributed by atoms with Gasteiger partial charge in [0.2, 0.25) is 21.8 Å². The molecule has 0 bridgehead atoms. The van der Waals surface area contributed by atoms with Crippen LogP contribution in [0.3, 0.4) is 0 Å². The van der Waals surface area contributed by atoms with E-state index in [2.05, 4.69) is 15.5 Å². The minimum atomic E-state index is -4.04. The normalized spacial score (nSPS) is 16.4. The van der Waals surface area contributed by atoms with Gasteiger partial charge in [0.15, 0.2) is 0 Å². The van der Waals surface area contributed by atoms with E-state index in [-0.39, 0.29) is 60.9 Å². The number of nitrogens with one attached hydrogen (secondary N) is 2. The number of aliphatic hydroxyl groups is 1. The topological polar surface area (TPSA) is 119 Å². The van der Waals surface area contributed by atoms with E-state index in [1.54, 1.807) is 18.2 Å². The zero-order chi connectivity index (χ0) is 29.9. The lowest BCUT2D eigenvalue weighted by atomic mass is 9.98. The van der Waals surface area contributed by atoms with E-state index in [9.17, 15) is 23.1 Å². The third kappa shape index (κ3) is 10.2. The minimum absolute atomic E-state index is 0.00731. The highest BCUT2D eigenvalue weighted by molar-refractivity contribution is 7.89. The Balaban J connectivity index is 1.66. The predicted molar refractivity (Wildman–Crippen MR) is 160 cm³/mol. The number of hydrogen-bond donors (Lipinski definition) is 3. The second-order valence-corrected chi connectivity index (χ2v) is 13.4. The Bertz CT molecular complexity index is 1200. The SMILES string of the molecule is CC(C)CN(C(O)(CCNC(=O)CC(C)CNC(=O)CN1CCCC1)Cc1ccccc1)S(=O)(=O)c1ccccc1. The van der Waals surface area contributed by atoms with E-state index >= 15 is 0 Å². The molecule has 2 unspecified atom stereocenters. The average Bonchev–Trinajstić information content (AvgIpc) is 3.44. The molecule has 226 valence electrons. The first-order valence-corrected chi connectivity index (χ1v) is 16.0. The molecular weight excluding hydrogens is 540 g/mol. The molecule has 2 aromatic rings. The predicted octanol–water partition coefficient (Wildman–Crippen LogP) is 3.01. The summed E-state index contributed by atoms with van der Waals surface area (Å²) in [7, 11) is -4.04. The fourth-order valence-electron chi connectivity index (χ4n) is 5.12. The van der Waals surface area contributed by atoms with Crippen LogP contribution < -0.4 is 10.6 Å². The van der Waals surface area contributed by atoms with Crippen LogP contribution >= 0.6 is 0 Å². The lowest BCUT2D eigenvalue weighted by Gasteiger charge is -2.40. The van der Waals surface area contributed by atoms with Crippen LogP contribution in [-0.2, 0) is 26.0 Å². The lowest BCUT2D eigenvalue weighted by Crippen LogP contribution is -2.55. The molecule has 1 aliphatic heterocycles. The van der Waals surface area contributed by atoms with E-state index in [0.717, 1.165) is 31.5 Å². The van der Waals surface area contributed by atoms with Gasteiger partial charge in [0.1, 0.15) is 5.72 Å². The molecule has 9 nitrogen and oxygen atoms in total. The van der Waals surface area contributed by atoms with Crippen molar-refractivity contribution in [2.45, 2.75) is 63.5 Å². The van der Waals surface area contributed by atoms with Gasteiger partial charge in [-0.05, 0) is 55.5 Å². The Morgan fingerprint density at radius 3 is 2.17 bits per heavy atom. The standard InChI is InChI=1S/C31H46N4O5S/c1-25(2)23-35(41(39,40)28-14-8-5-9-15-28)31(38,21-27-12-6-4-7-13-27)16-17-32-29(36)20-26(3)22-33-30(37)24-34-18-10-11-19-34/h4-9,12-15,25-26,38H,10-11,16-24H2,1-3H3,(H,32,36)(H,33,37). The summed E-state index contributed by atoms with van der Waals surface area (Å²) in [6.07, 6.45) is 2.53. The molecular formula is C31H46N4O5S. The first-order chi connectivity index (χ1) is 19.5. The Morgan fingerprint density at radius 1 is 0.951 bits per heavy atom. The first-order valence-electron chi connectivity index (χ1n) is 14.6. The zero-order valence-electron chi connectivity index (χ0n) is 24.6. The molecule has 2 aromatic carbocycles. The van der Waals surface area contributed by atoms with Gasteiger partial charge in [-0.15, -0.1) is 0 Å². The molecule has 0 spiro atoms. The number of amides is 2. The number of sulfonamides is 1. The average molecular weight is 587 g/mol. The summed E-state index contributed by atoms with van der Waals surface area (Å²) in [5.74, 6) is -0.367. The van der Waals surface area contributed by atoms with Crippen molar-refractivity contribution in [3.8, 4) is 0 Å². The second-order valence-electron chi connectivity index (χ2n) is 11.6. The van der Waals surface area contributed by atoms with Crippen molar-refractivity contribution in [3.63, 3.8) is 0 Å². The van der Waals surface area contributed by atoms with Crippen LogP contribution in [0.4, 0.5) is 0 Å². The summed E-state index contributed by atoms with van der Waals surface area (Å²) in [5.41, 5.74) is -0.987. The van der Waals surface area contributed by atoms with Crippen molar-refractivity contribution in [2.75, 3.05) is 39.3 Å². The van der Waals surface area contributed by atoms with Crippen molar-refractivity contribution in [1.82, 2.24) is 19.8 Å². The van der Waals surface area contributed by atoms with Crippen LogP contribution in [0.5, 0.6) is 0 Å². The summed E-state index contributed by atoms with van der Waals surface area (Å²) in [4.78, 5) is 27.2. The van der Waals surface area contributed by atoms with E-state index in [1.165, 1.54) is 16.4 Å². The highest BCUT2D eigenvalue weighted by Crippen LogP contribution is 2.30. The van der Waals surface area contributed by atoms with Crippen LogP contribution in [-0.4, -0.2) is 79.5 Å². The number of nitrogens with zero attached hydrogens (tertiary/aromatic N) is 2. The molecule has 1 saturated heterocycles. The number of carbonyl (C=O) groups excluding carboxylic acids is 2. The van der Waals surface area contributed by atoms with Crippen molar-refractivity contribution >= 4 is 21.8 Å². The maximum atomic E-state index is 13.8. The van der Waals surface area contributed by atoms with Crippen molar-refractivity contribution in [1.29, 1.82) is 0 Å². The molecule has 1 fully saturated rings. The maximum absolute atomic E-state index is 13.8. The number of hydrogen-bond acceptors (Lipinski definition) is 6. The number of carbonyl (C=O) groups is 2. The molecule has 0 aliphatic carbocycles. The smallest absolute Gasteiger partial charge is 0.245 e. The Morgan fingerprint density at radius 2 is 1.56 bits per heavy atom. The van der Waals surface area contributed by atoms with Gasteiger partial charge < -0.3 is 15.7 Å². The van der Waals surface area contributed by atoms with Gasteiger partial charge in [-0.2, -0.15) is 4.31 Å². The molecule has 10 heteroatoms. The van der Waals surface area contributed by atoms with Crippen LogP contribution in [0.2, 0.25) is 0 Å². The largest absolute Gasteiger partial charge is 0.374 e. The monoisotopic (exact) mass is 586 g/mol. The summed E-state index contributed by atoms with van der Waals surface area (Å²) in [6.45, 7) is 8.60. The molecule has 2 atom stereocenters. The van der Waals surface area contributed by atoms with Crippen molar-refractivity contribution in [2.24, 2.45) is 11.8 Å². The maximum Gasteiger partial charge on any atom is 0.245 e. The second kappa shape index (κ2) is 15.4. The molecule has 3 N–H and O–H groups in total. The highest BCUT2D eigenvalue weighted by atomic mass is 32.2. The fraction of sp³-hybridized carbons (Fsp3) is 0.548. The van der Waals surface area contributed by atoms with E-state index in [4.69, 9.17) is 0 Å².